The molecule has 0 bridgehead atoms. The van der Waals surface area contributed by atoms with Crippen molar-refractivity contribution in [1.82, 2.24) is 0 Å². The molecule has 0 amide bonds. The Kier molecular flexibility index (Phi) is 5.97. The number of thiophene rings is 1. The van der Waals surface area contributed by atoms with Gasteiger partial charge in [0.1, 0.15) is 12.4 Å². The second-order valence-electron chi connectivity index (χ2n) is 4.65. The van der Waals surface area contributed by atoms with E-state index < -0.39 is 29.7 Å². The molecule has 0 aromatic carbocycles. The summed E-state index contributed by atoms with van der Waals surface area (Å²) in [4.78, 5) is 24.4. The van der Waals surface area contributed by atoms with Crippen molar-refractivity contribution in [3.8, 4) is 5.75 Å². The first-order chi connectivity index (χ1) is 11.0. The lowest BCUT2D eigenvalue weighted by Gasteiger charge is -2.15. The van der Waals surface area contributed by atoms with Crippen molar-refractivity contribution in [2.45, 2.75) is 25.9 Å². The Morgan fingerprint density at radius 2 is 2.22 bits per heavy atom. The lowest BCUT2D eigenvalue weighted by molar-refractivity contribution is -0.143. The molecule has 0 aliphatic rings. The highest BCUT2D eigenvalue weighted by Gasteiger charge is 2.27. The molecule has 124 valence electrons. The van der Waals surface area contributed by atoms with Gasteiger partial charge < -0.3 is 19.4 Å². The maximum absolute atomic E-state index is 11.9. The van der Waals surface area contributed by atoms with E-state index in [1.54, 1.807) is 19.1 Å². The molecular formula is C15H15BrO6S. The van der Waals surface area contributed by atoms with Crippen molar-refractivity contribution >= 4 is 33.2 Å². The summed E-state index contributed by atoms with van der Waals surface area (Å²) >= 11 is 4.69. The minimum Gasteiger partial charge on any atom is -0.502 e. The Labute approximate surface area is 144 Å². The van der Waals surface area contributed by atoms with Crippen LogP contribution in [0.5, 0.6) is 5.75 Å². The summed E-state index contributed by atoms with van der Waals surface area (Å²) in [6.07, 6.45) is -0.0911. The van der Waals surface area contributed by atoms with E-state index in [-0.39, 0.29) is 24.5 Å². The van der Waals surface area contributed by atoms with Crippen molar-refractivity contribution in [2.24, 2.45) is 0 Å². The SMILES string of the molecule is CCOC(=O)CC(c1ccc(Br)s1)c1oc(CO)cc(=O)c1O. The van der Waals surface area contributed by atoms with Gasteiger partial charge in [0, 0.05) is 10.9 Å². The Bertz CT molecular complexity index is 751. The summed E-state index contributed by atoms with van der Waals surface area (Å²) in [6.45, 7) is 1.44. The van der Waals surface area contributed by atoms with Crippen molar-refractivity contribution in [3.63, 3.8) is 0 Å². The summed E-state index contributed by atoms with van der Waals surface area (Å²) in [5.74, 6) is -1.75. The molecule has 0 saturated heterocycles. The number of ether oxygens (including phenoxy) is 1. The van der Waals surface area contributed by atoms with E-state index in [2.05, 4.69) is 15.9 Å². The van der Waals surface area contributed by atoms with Crippen LogP contribution < -0.4 is 5.43 Å². The second-order valence-corrected chi connectivity index (χ2v) is 7.15. The van der Waals surface area contributed by atoms with Crippen LogP contribution in [-0.4, -0.2) is 22.8 Å². The number of aromatic hydroxyl groups is 1. The fourth-order valence-electron chi connectivity index (χ4n) is 2.09. The number of hydrogen-bond acceptors (Lipinski definition) is 7. The number of carbonyl (C=O) groups is 1. The highest BCUT2D eigenvalue weighted by molar-refractivity contribution is 9.11. The highest BCUT2D eigenvalue weighted by atomic mass is 79.9. The van der Waals surface area contributed by atoms with Gasteiger partial charge in [0.2, 0.25) is 11.2 Å². The number of hydrogen-bond donors (Lipinski definition) is 2. The Hall–Kier alpha value is -1.64. The van der Waals surface area contributed by atoms with E-state index in [1.165, 1.54) is 11.3 Å². The van der Waals surface area contributed by atoms with Crippen molar-refractivity contribution in [3.05, 3.63) is 48.6 Å². The molecule has 23 heavy (non-hydrogen) atoms. The van der Waals surface area contributed by atoms with Crippen molar-refractivity contribution in [1.29, 1.82) is 0 Å². The van der Waals surface area contributed by atoms with Crippen LogP contribution in [0, 0.1) is 0 Å². The molecule has 1 atom stereocenters. The third-order valence-corrected chi connectivity index (χ3v) is 4.82. The number of aliphatic hydroxyl groups is 1. The maximum atomic E-state index is 11.9. The molecule has 2 heterocycles. The highest BCUT2D eigenvalue weighted by Crippen LogP contribution is 2.38. The maximum Gasteiger partial charge on any atom is 0.306 e. The molecule has 2 N–H and O–H groups in total. The fraction of sp³-hybridized carbons (Fsp3) is 0.333. The van der Waals surface area contributed by atoms with Gasteiger partial charge in [0.05, 0.1) is 22.7 Å². The Morgan fingerprint density at radius 1 is 1.48 bits per heavy atom. The van der Waals surface area contributed by atoms with E-state index >= 15 is 0 Å². The Balaban J connectivity index is 2.51. The topological polar surface area (TPSA) is 97.0 Å². The zero-order chi connectivity index (χ0) is 17.0. The van der Waals surface area contributed by atoms with Crippen LogP contribution in [0.15, 0.2) is 31.2 Å². The van der Waals surface area contributed by atoms with Crippen molar-refractivity contribution in [2.75, 3.05) is 6.61 Å². The number of carbonyl (C=O) groups excluding carboxylic acids is 1. The lowest BCUT2D eigenvalue weighted by Crippen LogP contribution is -2.14. The standard InChI is InChI=1S/C15H15BrO6S/c1-2-21-13(19)6-9(11-3-4-12(16)23-11)15-14(20)10(18)5-8(7-17)22-15/h3-5,9,17,20H,2,6-7H2,1H3. The van der Waals surface area contributed by atoms with Crippen LogP contribution in [0.25, 0.3) is 0 Å². The summed E-state index contributed by atoms with van der Waals surface area (Å²) in [7, 11) is 0. The quantitative estimate of drug-likeness (QED) is 0.720. The molecule has 2 aromatic heterocycles. The number of esters is 1. The first kappa shape index (κ1) is 17.7. The molecule has 8 heteroatoms. The molecular weight excluding hydrogens is 388 g/mol. The van der Waals surface area contributed by atoms with Gasteiger partial charge in [0.25, 0.3) is 0 Å². The van der Waals surface area contributed by atoms with Gasteiger partial charge in [-0.25, -0.2) is 0 Å². The summed E-state index contributed by atoms with van der Waals surface area (Å²) < 4.78 is 11.2. The third-order valence-electron chi connectivity index (χ3n) is 3.09. The van der Waals surface area contributed by atoms with Gasteiger partial charge in [0.15, 0.2) is 5.76 Å². The van der Waals surface area contributed by atoms with Crippen molar-refractivity contribution < 1.29 is 24.2 Å². The zero-order valence-electron chi connectivity index (χ0n) is 12.2. The predicted molar refractivity (Wildman–Crippen MR) is 87.7 cm³/mol. The minimum atomic E-state index is -0.676. The van der Waals surface area contributed by atoms with Crippen LogP contribution in [0.4, 0.5) is 0 Å². The molecule has 1 unspecified atom stereocenters. The largest absolute Gasteiger partial charge is 0.502 e. The molecule has 0 radical (unpaired) electrons. The smallest absolute Gasteiger partial charge is 0.306 e. The van der Waals surface area contributed by atoms with E-state index in [1.807, 2.05) is 0 Å². The first-order valence-corrected chi connectivity index (χ1v) is 8.44. The minimum absolute atomic E-state index is 0.0206. The van der Waals surface area contributed by atoms with E-state index in [0.29, 0.717) is 0 Å². The summed E-state index contributed by atoms with van der Waals surface area (Å²) in [5, 5.41) is 19.2. The van der Waals surface area contributed by atoms with Gasteiger partial charge >= 0.3 is 5.97 Å². The summed E-state index contributed by atoms with van der Waals surface area (Å²) in [5.41, 5.74) is -0.667. The molecule has 0 fully saturated rings. The molecule has 0 saturated carbocycles. The lowest BCUT2D eigenvalue weighted by atomic mass is 9.99. The summed E-state index contributed by atoms with van der Waals surface area (Å²) in [6, 6.07) is 4.58. The molecule has 2 rings (SSSR count). The van der Waals surface area contributed by atoms with Crippen LogP contribution in [0.3, 0.4) is 0 Å². The molecule has 6 nitrogen and oxygen atoms in total. The van der Waals surface area contributed by atoms with Crippen LogP contribution >= 0.6 is 27.3 Å². The van der Waals surface area contributed by atoms with Crippen LogP contribution in [-0.2, 0) is 16.1 Å². The number of halogens is 1. The average Bonchev–Trinajstić information content (AvgIpc) is 2.94. The van der Waals surface area contributed by atoms with E-state index in [9.17, 15) is 19.8 Å². The molecule has 0 spiro atoms. The van der Waals surface area contributed by atoms with Gasteiger partial charge in [-0.05, 0) is 35.0 Å². The molecule has 0 aliphatic carbocycles. The monoisotopic (exact) mass is 402 g/mol. The number of aliphatic hydroxyl groups excluding tert-OH is 1. The van der Waals surface area contributed by atoms with Gasteiger partial charge in [-0.2, -0.15) is 0 Å². The normalized spacial score (nSPS) is 12.1. The second kappa shape index (κ2) is 7.76. The Morgan fingerprint density at radius 3 is 2.78 bits per heavy atom. The van der Waals surface area contributed by atoms with E-state index in [0.717, 1.165) is 14.7 Å². The van der Waals surface area contributed by atoms with E-state index in [4.69, 9.17) is 9.15 Å². The first-order valence-electron chi connectivity index (χ1n) is 6.83. The third kappa shape index (κ3) is 4.21. The van der Waals surface area contributed by atoms with Gasteiger partial charge in [-0.15, -0.1) is 11.3 Å². The predicted octanol–water partition coefficient (Wildman–Crippen LogP) is 2.75. The number of rotatable bonds is 6. The average molecular weight is 403 g/mol. The zero-order valence-corrected chi connectivity index (χ0v) is 14.6. The van der Waals surface area contributed by atoms with Gasteiger partial charge in [-0.3, -0.25) is 9.59 Å². The molecule has 2 aromatic rings. The van der Waals surface area contributed by atoms with Crippen LogP contribution in [0.2, 0.25) is 0 Å². The molecule has 0 aliphatic heterocycles. The van der Waals surface area contributed by atoms with Gasteiger partial charge in [-0.1, -0.05) is 0 Å². The van der Waals surface area contributed by atoms with Crippen LogP contribution in [0.1, 0.15) is 35.7 Å². The fourth-order valence-corrected chi connectivity index (χ4v) is 3.62.